The number of carbonyl (C=O) groups excluding carboxylic acids is 1. The fourth-order valence-corrected chi connectivity index (χ4v) is 2.95. The Morgan fingerprint density at radius 1 is 1.25 bits per heavy atom. The molecule has 0 saturated heterocycles. The van der Waals surface area contributed by atoms with Gasteiger partial charge in [0.25, 0.3) is 0 Å². The van der Waals surface area contributed by atoms with Crippen LogP contribution in [0.1, 0.15) is 52.9 Å². The number of rotatable bonds is 4. The second-order valence-corrected chi connectivity index (χ2v) is 7.34. The molecule has 0 aromatic heterocycles. The third-order valence-corrected chi connectivity index (χ3v) is 5.09. The van der Waals surface area contributed by atoms with Crippen LogP contribution in [0.25, 0.3) is 0 Å². The van der Waals surface area contributed by atoms with Crippen LogP contribution in [0.5, 0.6) is 0 Å². The van der Waals surface area contributed by atoms with Gasteiger partial charge in [0, 0.05) is 12.6 Å². The van der Waals surface area contributed by atoms with Gasteiger partial charge in [0.05, 0.1) is 5.41 Å². The number of carboxylic acid groups (broad SMARTS) is 1. The summed E-state index contributed by atoms with van der Waals surface area (Å²) in [5, 5.41) is 15.2. The molecular weight excluding hydrogens is 256 g/mol. The molecule has 2 saturated carbocycles. The summed E-state index contributed by atoms with van der Waals surface area (Å²) in [4.78, 5) is 23.4. The second kappa shape index (κ2) is 5.26. The van der Waals surface area contributed by atoms with E-state index in [2.05, 4.69) is 31.4 Å². The lowest BCUT2D eigenvalue weighted by molar-refractivity contribution is -0.151. The summed E-state index contributed by atoms with van der Waals surface area (Å²) in [7, 11) is 0. The molecule has 0 aliphatic heterocycles. The first-order valence-electron chi connectivity index (χ1n) is 7.53. The third-order valence-electron chi connectivity index (χ3n) is 5.09. The second-order valence-electron chi connectivity index (χ2n) is 7.34. The van der Waals surface area contributed by atoms with E-state index in [1.807, 2.05) is 0 Å². The van der Waals surface area contributed by atoms with Gasteiger partial charge in [-0.15, -0.1) is 0 Å². The van der Waals surface area contributed by atoms with Gasteiger partial charge in [0.15, 0.2) is 0 Å². The molecule has 2 rings (SSSR count). The molecule has 0 aromatic carbocycles. The molecule has 5 heteroatoms. The smallest absolute Gasteiger partial charge is 0.315 e. The van der Waals surface area contributed by atoms with E-state index in [1.54, 1.807) is 0 Å². The van der Waals surface area contributed by atoms with Gasteiger partial charge >= 0.3 is 12.0 Å². The Bertz CT molecular complexity index is 398. The van der Waals surface area contributed by atoms with Crippen LogP contribution >= 0.6 is 0 Å². The maximum absolute atomic E-state index is 11.8. The Labute approximate surface area is 120 Å². The van der Waals surface area contributed by atoms with E-state index in [0.717, 1.165) is 19.3 Å². The van der Waals surface area contributed by atoms with E-state index in [1.165, 1.54) is 0 Å². The lowest BCUT2D eigenvalue weighted by Crippen LogP contribution is -2.48. The summed E-state index contributed by atoms with van der Waals surface area (Å²) in [6.45, 7) is 6.60. The van der Waals surface area contributed by atoms with E-state index in [9.17, 15) is 14.7 Å². The fraction of sp³-hybridized carbons (Fsp3) is 0.867. The summed E-state index contributed by atoms with van der Waals surface area (Å²) in [6, 6.07) is -0.0190. The normalized spacial score (nSPS) is 35.1. The van der Waals surface area contributed by atoms with Crippen LogP contribution in [0.3, 0.4) is 0 Å². The first-order valence-corrected chi connectivity index (χ1v) is 7.53. The monoisotopic (exact) mass is 282 g/mol. The average molecular weight is 282 g/mol. The quantitative estimate of drug-likeness (QED) is 0.740. The minimum atomic E-state index is -0.781. The summed E-state index contributed by atoms with van der Waals surface area (Å²) in [5.74, 6) is -0.194. The van der Waals surface area contributed by atoms with Crippen LogP contribution in [0.2, 0.25) is 0 Å². The molecule has 0 aromatic rings. The number of nitrogens with one attached hydrogen (secondary N) is 2. The number of hydrogen-bond acceptors (Lipinski definition) is 2. The Balaban J connectivity index is 1.83. The molecule has 0 bridgehead atoms. The first-order chi connectivity index (χ1) is 9.25. The highest BCUT2D eigenvalue weighted by atomic mass is 16.4. The summed E-state index contributed by atoms with van der Waals surface area (Å²) >= 11 is 0. The number of amides is 2. The van der Waals surface area contributed by atoms with Crippen molar-refractivity contribution in [3.63, 3.8) is 0 Å². The van der Waals surface area contributed by atoms with Crippen molar-refractivity contribution in [2.24, 2.45) is 16.7 Å². The van der Waals surface area contributed by atoms with E-state index in [4.69, 9.17) is 0 Å². The van der Waals surface area contributed by atoms with E-state index in [-0.39, 0.29) is 24.0 Å². The van der Waals surface area contributed by atoms with Gasteiger partial charge < -0.3 is 15.7 Å². The molecule has 0 spiro atoms. The minimum absolute atomic E-state index is 0.183. The molecule has 2 aliphatic carbocycles. The summed E-state index contributed by atoms with van der Waals surface area (Å²) < 4.78 is 0. The van der Waals surface area contributed by atoms with Gasteiger partial charge in [0.1, 0.15) is 0 Å². The highest BCUT2D eigenvalue weighted by molar-refractivity contribution is 5.78. The van der Waals surface area contributed by atoms with Gasteiger partial charge in [-0.2, -0.15) is 0 Å². The fourth-order valence-electron chi connectivity index (χ4n) is 2.95. The Morgan fingerprint density at radius 2 is 1.80 bits per heavy atom. The maximum atomic E-state index is 11.8. The van der Waals surface area contributed by atoms with Crippen molar-refractivity contribution in [1.82, 2.24) is 10.6 Å². The van der Waals surface area contributed by atoms with E-state index in [0.29, 0.717) is 18.8 Å². The first kappa shape index (κ1) is 15.1. The predicted molar refractivity (Wildman–Crippen MR) is 76.4 cm³/mol. The van der Waals surface area contributed by atoms with Crippen LogP contribution in [0, 0.1) is 16.7 Å². The van der Waals surface area contributed by atoms with Crippen molar-refractivity contribution in [1.29, 1.82) is 0 Å². The highest BCUT2D eigenvalue weighted by Gasteiger charge is 2.47. The van der Waals surface area contributed by atoms with Gasteiger partial charge in [-0.3, -0.25) is 4.79 Å². The van der Waals surface area contributed by atoms with Crippen molar-refractivity contribution in [2.45, 2.75) is 58.9 Å². The number of hydrogen-bond donors (Lipinski definition) is 3. The van der Waals surface area contributed by atoms with Crippen LogP contribution in [-0.2, 0) is 4.79 Å². The molecule has 0 heterocycles. The zero-order valence-electron chi connectivity index (χ0n) is 12.7. The van der Waals surface area contributed by atoms with Crippen molar-refractivity contribution in [2.75, 3.05) is 6.54 Å². The standard InChI is InChI=1S/C15H26N2O3/c1-10-4-6-15(7-5-10,12(18)19)9-16-13(20)17-11-8-14(11,2)3/h10-11H,4-9H2,1-3H3,(H,18,19)(H2,16,17,20). The molecule has 20 heavy (non-hydrogen) atoms. The minimum Gasteiger partial charge on any atom is -0.481 e. The lowest BCUT2D eigenvalue weighted by atomic mass is 9.71. The van der Waals surface area contributed by atoms with Crippen molar-refractivity contribution < 1.29 is 14.7 Å². The van der Waals surface area contributed by atoms with Gasteiger partial charge in [0.2, 0.25) is 0 Å². The molecule has 0 radical (unpaired) electrons. The molecule has 1 unspecified atom stereocenters. The topological polar surface area (TPSA) is 78.4 Å². The van der Waals surface area contributed by atoms with Gasteiger partial charge in [-0.1, -0.05) is 20.8 Å². The molecule has 2 amide bonds. The number of aliphatic carboxylic acids is 1. The van der Waals surface area contributed by atoms with Crippen molar-refractivity contribution in [3.8, 4) is 0 Å². The largest absolute Gasteiger partial charge is 0.481 e. The SMILES string of the molecule is CC1CCC(CNC(=O)NC2CC2(C)C)(C(=O)O)CC1. The van der Waals surface area contributed by atoms with Crippen LogP contribution < -0.4 is 10.6 Å². The zero-order valence-corrected chi connectivity index (χ0v) is 12.7. The predicted octanol–water partition coefficient (Wildman–Crippen LogP) is 2.37. The molecule has 3 N–H and O–H groups in total. The average Bonchev–Trinajstić information content (AvgIpc) is 2.95. The molecule has 1 atom stereocenters. The van der Waals surface area contributed by atoms with Crippen molar-refractivity contribution in [3.05, 3.63) is 0 Å². The molecular formula is C15H26N2O3. The Kier molecular flexibility index (Phi) is 3.98. The van der Waals surface area contributed by atoms with Crippen LogP contribution in [-0.4, -0.2) is 29.7 Å². The highest BCUT2D eigenvalue weighted by Crippen LogP contribution is 2.44. The molecule has 5 nitrogen and oxygen atoms in total. The van der Waals surface area contributed by atoms with E-state index < -0.39 is 11.4 Å². The molecule has 2 aliphatic rings. The van der Waals surface area contributed by atoms with Crippen LogP contribution in [0.15, 0.2) is 0 Å². The zero-order chi connectivity index (χ0) is 15.0. The van der Waals surface area contributed by atoms with E-state index >= 15 is 0 Å². The van der Waals surface area contributed by atoms with Gasteiger partial charge in [-0.05, 0) is 43.4 Å². The number of carbonyl (C=O) groups is 2. The van der Waals surface area contributed by atoms with Crippen molar-refractivity contribution >= 4 is 12.0 Å². The summed E-state index contributed by atoms with van der Waals surface area (Å²) in [6.07, 6.45) is 4.13. The van der Waals surface area contributed by atoms with Crippen LogP contribution in [0.4, 0.5) is 4.79 Å². The lowest BCUT2D eigenvalue weighted by Gasteiger charge is -2.35. The maximum Gasteiger partial charge on any atom is 0.315 e. The summed E-state index contributed by atoms with van der Waals surface area (Å²) in [5.41, 5.74) is -0.592. The molecule has 2 fully saturated rings. The molecule has 114 valence electrons. The number of urea groups is 1. The number of carboxylic acids is 1. The Morgan fingerprint density at radius 3 is 2.25 bits per heavy atom. The third kappa shape index (κ3) is 3.25. The Hall–Kier alpha value is -1.26. The van der Waals surface area contributed by atoms with Gasteiger partial charge in [-0.25, -0.2) is 4.79 Å².